The number of rotatable bonds is 7. The maximum Gasteiger partial charge on any atom is 0.225 e. The summed E-state index contributed by atoms with van der Waals surface area (Å²) in [5, 5.41) is 0. The Hall–Kier alpha value is -1.44. The van der Waals surface area contributed by atoms with E-state index in [4.69, 9.17) is 0 Å². The van der Waals surface area contributed by atoms with Crippen molar-refractivity contribution in [3.05, 3.63) is 35.4 Å². The van der Waals surface area contributed by atoms with Crippen molar-refractivity contribution < 1.29 is 9.59 Å². The van der Waals surface area contributed by atoms with Crippen molar-refractivity contribution in [2.75, 3.05) is 0 Å². The van der Waals surface area contributed by atoms with Crippen LogP contribution in [0.15, 0.2) is 24.3 Å². The summed E-state index contributed by atoms with van der Waals surface area (Å²) in [4.78, 5) is 21.3. The van der Waals surface area contributed by atoms with Gasteiger partial charge in [0.1, 0.15) is 0 Å². The fraction of sp³-hybridized carbons (Fsp3) is 0.429. The van der Waals surface area contributed by atoms with Gasteiger partial charge in [-0.2, -0.15) is 0 Å². The minimum absolute atomic E-state index is 0.357. The largest absolute Gasteiger partial charge is 0.294 e. The number of carbonyl (C=O) groups is 2. The SMILES string of the molecule is CCCCCCc1ccc(C(=O)C=O)cc1. The highest BCUT2D eigenvalue weighted by Gasteiger charge is 2.02. The molecule has 0 bridgehead atoms. The Kier molecular flexibility index (Phi) is 5.48. The standard InChI is InChI=1S/C14H18O2/c1-2-3-4-5-6-12-7-9-13(10-8-12)14(16)11-15/h7-11H,2-6H2,1H3. The molecule has 0 saturated carbocycles. The Labute approximate surface area is 96.7 Å². The maximum atomic E-state index is 11.1. The number of ketones is 1. The summed E-state index contributed by atoms with van der Waals surface area (Å²) in [5.41, 5.74) is 1.71. The van der Waals surface area contributed by atoms with Crippen LogP contribution < -0.4 is 0 Å². The van der Waals surface area contributed by atoms with E-state index in [0.717, 1.165) is 6.42 Å². The van der Waals surface area contributed by atoms with Gasteiger partial charge in [-0.15, -0.1) is 0 Å². The van der Waals surface area contributed by atoms with Crippen molar-refractivity contribution in [3.63, 3.8) is 0 Å². The number of hydrogen-bond donors (Lipinski definition) is 0. The van der Waals surface area contributed by atoms with E-state index >= 15 is 0 Å². The first kappa shape index (κ1) is 12.6. The van der Waals surface area contributed by atoms with Crippen LogP contribution in [0.3, 0.4) is 0 Å². The van der Waals surface area contributed by atoms with Crippen LogP contribution in [0.25, 0.3) is 0 Å². The highest BCUT2D eigenvalue weighted by molar-refractivity contribution is 6.33. The summed E-state index contributed by atoms with van der Waals surface area (Å²) in [7, 11) is 0. The third kappa shape index (κ3) is 3.97. The first-order valence-electron chi connectivity index (χ1n) is 5.86. The number of Topliss-reactive ketones (excluding diaryl/α,β-unsaturated/α-hetero) is 1. The Morgan fingerprint density at radius 3 is 2.38 bits per heavy atom. The smallest absolute Gasteiger partial charge is 0.225 e. The molecule has 2 heteroatoms. The first-order valence-corrected chi connectivity index (χ1v) is 5.86. The van der Waals surface area contributed by atoms with Crippen LogP contribution in [-0.2, 0) is 11.2 Å². The average molecular weight is 218 g/mol. The van der Waals surface area contributed by atoms with E-state index in [1.54, 1.807) is 12.1 Å². The van der Waals surface area contributed by atoms with Crippen molar-refractivity contribution in [1.82, 2.24) is 0 Å². The molecule has 0 aliphatic rings. The number of aldehydes is 1. The summed E-state index contributed by atoms with van der Waals surface area (Å²) < 4.78 is 0. The molecule has 0 aliphatic heterocycles. The lowest BCUT2D eigenvalue weighted by Gasteiger charge is -2.01. The first-order chi connectivity index (χ1) is 7.77. The van der Waals surface area contributed by atoms with Crippen LogP contribution >= 0.6 is 0 Å². The summed E-state index contributed by atoms with van der Waals surface area (Å²) in [5.74, 6) is -0.447. The molecule has 0 N–H and O–H groups in total. The summed E-state index contributed by atoms with van der Waals surface area (Å²) in [6, 6.07) is 7.32. The predicted molar refractivity (Wildman–Crippen MR) is 64.7 cm³/mol. The zero-order chi connectivity index (χ0) is 11.8. The van der Waals surface area contributed by atoms with Crippen LogP contribution in [0.5, 0.6) is 0 Å². The fourth-order valence-electron chi connectivity index (χ4n) is 1.66. The van der Waals surface area contributed by atoms with Gasteiger partial charge in [-0.1, -0.05) is 50.5 Å². The third-order valence-electron chi connectivity index (χ3n) is 2.66. The molecular weight excluding hydrogens is 200 g/mol. The van der Waals surface area contributed by atoms with E-state index in [-0.39, 0.29) is 0 Å². The molecule has 1 aromatic rings. The Morgan fingerprint density at radius 2 is 1.81 bits per heavy atom. The molecule has 2 nitrogen and oxygen atoms in total. The number of carbonyl (C=O) groups excluding carboxylic acids is 2. The number of aryl methyl sites for hydroxylation is 1. The zero-order valence-corrected chi connectivity index (χ0v) is 9.74. The van der Waals surface area contributed by atoms with Crippen molar-refractivity contribution in [2.45, 2.75) is 39.0 Å². The number of benzene rings is 1. The van der Waals surface area contributed by atoms with Crippen LogP contribution in [0, 0.1) is 0 Å². The minimum atomic E-state index is -0.447. The Morgan fingerprint density at radius 1 is 1.12 bits per heavy atom. The van der Waals surface area contributed by atoms with E-state index < -0.39 is 5.78 Å². The molecule has 0 radical (unpaired) electrons. The molecule has 0 spiro atoms. The molecule has 16 heavy (non-hydrogen) atoms. The van der Waals surface area contributed by atoms with Gasteiger partial charge in [0.05, 0.1) is 0 Å². The van der Waals surface area contributed by atoms with Gasteiger partial charge < -0.3 is 0 Å². The van der Waals surface area contributed by atoms with Gasteiger partial charge in [0, 0.05) is 5.56 Å². The molecule has 0 heterocycles. The number of unbranched alkanes of at least 4 members (excludes halogenated alkanes) is 3. The lowest BCUT2D eigenvalue weighted by Crippen LogP contribution is -1.99. The molecule has 86 valence electrons. The van der Waals surface area contributed by atoms with E-state index in [2.05, 4.69) is 6.92 Å². The highest BCUT2D eigenvalue weighted by atomic mass is 16.2. The topological polar surface area (TPSA) is 34.1 Å². The normalized spacial score (nSPS) is 10.1. The minimum Gasteiger partial charge on any atom is -0.294 e. The lowest BCUT2D eigenvalue weighted by atomic mass is 10.0. The third-order valence-corrected chi connectivity index (χ3v) is 2.66. The molecule has 0 atom stereocenters. The predicted octanol–water partition coefficient (Wildman–Crippen LogP) is 3.19. The quantitative estimate of drug-likeness (QED) is 0.305. The van der Waals surface area contributed by atoms with Gasteiger partial charge in [-0.3, -0.25) is 9.59 Å². The van der Waals surface area contributed by atoms with Crippen molar-refractivity contribution in [3.8, 4) is 0 Å². The molecule has 0 amide bonds. The van der Waals surface area contributed by atoms with Crippen LogP contribution in [0.4, 0.5) is 0 Å². The van der Waals surface area contributed by atoms with Crippen molar-refractivity contribution >= 4 is 12.1 Å². The molecular formula is C14H18O2. The number of hydrogen-bond acceptors (Lipinski definition) is 2. The van der Waals surface area contributed by atoms with Crippen molar-refractivity contribution in [2.24, 2.45) is 0 Å². The van der Waals surface area contributed by atoms with Gasteiger partial charge in [-0.25, -0.2) is 0 Å². The molecule has 0 aromatic heterocycles. The lowest BCUT2D eigenvalue weighted by molar-refractivity contribution is -0.104. The average Bonchev–Trinajstić information content (AvgIpc) is 2.34. The van der Waals surface area contributed by atoms with E-state index in [1.165, 1.54) is 31.2 Å². The molecule has 0 fully saturated rings. The monoisotopic (exact) mass is 218 g/mol. The second-order valence-electron chi connectivity index (χ2n) is 3.99. The Balaban J connectivity index is 2.45. The van der Waals surface area contributed by atoms with Gasteiger partial charge in [0.15, 0.2) is 6.29 Å². The van der Waals surface area contributed by atoms with Gasteiger partial charge >= 0.3 is 0 Å². The Bertz CT molecular complexity index is 338. The van der Waals surface area contributed by atoms with Gasteiger partial charge in [0.25, 0.3) is 0 Å². The van der Waals surface area contributed by atoms with Crippen LogP contribution in [0.1, 0.15) is 48.5 Å². The highest BCUT2D eigenvalue weighted by Crippen LogP contribution is 2.09. The molecule has 1 aromatic carbocycles. The van der Waals surface area contributed by atoms with E-state index in [1.807, 2.05) is 12.1 Å². The molecule has 1 rings (SSSR count). The summed E-state index contributed by atoms with van der Waals surface area (Å²) in [6.45, 7) is 2.19. The molecule has 0 saturated heterocycles. The summed E-state index contributed by atoms with van der Waals surface area (Å²) in [6.07, 6.45) is 6.38. The van der Waals surface area contributed by atoms with E-state index in [9.17, 15) is 9.59 Å². The van der Waals surface area contributed by atoms with Gasteiger partial charge in [-0.05, 0) is 18.4 Å². The molecule has 0 unspecified atom stereocenters. The fourth-order valence-corrected chi connectivity index (χ4v) is 1.66. The maximum absolute atomic E-state index is 11.1. The second-order valence-corrected chi connectivity index (χ2v) is 3.99. The zero-order valence-electron chi connectivity index (χ0n) is 9.74. The summed E-state index contributed by atoms with van der Waals surface area (Å²) >= 11 is 0. The second kappa shape index (κ2) is 6.94. The van der Waals surface area contributed by atoms with Crippen LogP contribution in [-0.4, -0.2) is 12.1 Å². The van der Waals surface area contributed by atoms with Crippen molar-refractivity contribution in [1.29, 1.82) is 0 Å². The van der Waals surface area contributed by atoms with E-state index in [0.29, 0.717) is 11.8 Å². The van der Waals surface area contributed by atoms with Crippen LogP contribution in [0.2, 0.25) is 0 Å². The molecule has 0 aliphatic carbocycles. The van der Waals surface area contributed by atoms with Gasteiger partial charge in [0.2, 0.25) is 5.78 Å².